The van der Waals surface area contributed by atoms with Crippen LogP contribution in [0.15, 0.2) is 18.2 Å². The predicted molar refractivity (Wildman–Crippen MR) is 52.2 cm³/mol. The first-order valence-corrected chi connectivity index (χ1v) is 4.03. The van der Waals surface area contributed by atoms with Gasteiger partial charge in [0.05, 0.1) is 0 Å². The van der Waals surface area contributed by atoms with Gasteiger partial charge in [-0.05, 0) is 31.0 Å². The standard InChI is InChI=1S/C10H12N2/c1-6-4-3-5-8-9(6)7(2)10(11)12-8/h3-5,12H,11H2,1-2H3. The molecule has 2 rings (SSSR count). The fourth-order valence-corrected chi connectivity index (χ4v) is 1.64. The number of H-pyrrole nitrogens is 1. The van der Waals surface area contributed by atoms with Crippen molar-refractivity contribution in [3.05, 3.63) is 29.3 Å². The largest absolute Gasteiger partial charge is 0.385 e. The third kappa shape index (κ3) is 0.811. The van der Waals surface area contributed by atoms with Gasteiger partial charge in [0.1, 0.15) is 5.82 Å². The van der Waals surface area contributed by atoms with Crippen molar-refractivity contribution in [2.75, 3.05) is 5.73 Å². The van der Waals surface area contributed by atoms with Crippen LogP contribution in [0.3, 0.4) is 0 Å². The summed E-state index contributed by atoms with van der Waals surface area (Å²) in [5, 5.41) is 1.26. The maximum absolute atomic E-state index is 5.77. The van der Waals surface area contributed by atoms with E-state index >= 15 is 0 Å². The molecule has 0 spiro atoms. The Hall–Kier alpha value is -1.44. The number of aromatic amines is 1. The second kappa shape index (κ2) is 2.27. The SMILES string of the molecule is Cc1cccc2[nH]c(N)c(C)c12. The van der Waals surface area contributed by atoms with E-state index in [1.54, 1.807) is 0 Å². The molecule has 0 aliphatic rings. The van der Waals surface area contributed by atoms with Crippen molar-refractivity contribution in [2.45, 2.75) is 13.8 Å². The number of nitrogen functional groups attached to an aromatic ring is 1. The van der Waals surface area contributed by atoms with Crippen LogP contribution in [0.1, 0.15) is 11.1 Å². The molecule has 2 heteroatoms. The molecule has 3 N–H and O–H groups in total. The fourth-order valence-electron chi connectivity index (χ4n) is 1.64. The molecule has 1 heterocycles. The summed E-state index contributed by atoms with van der Waals surface area (Å²) in [6.45, 7) is 4.14. The fraction of sp³-hybridized carbons (Fsp3) is 0.200. The highest BCUT2D eigenvalue weighted by molar-refractivity contribution is 5.90. The van der Waals surface area contributed by atoms with Gasteiger partial charge >= 0.3 is 0 Å². The summed E-state index contributed by atoms with van der Waals surface area (Å²) in [5.74, 6) is 0.777. The molecular weight excluding hydrogens is 148 g/mol. The van der Waals surface area contributed by atoms with Gasteiger partial charge in [0, 0.05) is 10.9 Å². The number of nitrogens with one attached hydrogen (secondary N) is 1. The topological polar surface area (TPSA) is 41.8 Å². The molecule has 62 valence electrons. The highest BCUT2D eigenvalue weighted by atomic mass is 14.8. The first-order valence-electron chi connectivity index (χ1n) is 4.03. The average molecular weight is 160 g/mol. The number of anilines is 1. The van der Waals surface area contributed by atoms with Crippen LogP contribution in [-0.2, 0) is 0 Å². The smallest absolute Gasteiger partial charge is 0.104 e. The van der Waals surface area contributed by atoms with Crippen molar-refractivity contribution in [3.8, 4) is 0 Å². The molecule has 0 atom stereocenters. The van der Waals surface area contributed by atoms with Crippen molar-refractivity contribution in [3.63, 3.8) is 0 Å². The Morgan fingerprint density at radius 2 is 2.00 bits per heavy atom. The Morgan fingerprint density at radius 1 is 1.25 bits per heavy atom. The van der Waals surface area contributed by atoms with E-state index in [4.69, 9.17) is 5.73 Å². The van der Waals surface area contributed by atoms with Crippen molar-refractivity contribution in [1.82, 2.24) is 4.98 Å². The number of aryl methyl sites for hydroxylation is 2. The molecule has 0 radical (unpaired) electrons. The average Bonchev–Trinajstić information content (AvgIpc) is 2.29. The summed E-state index contributed by atoms with van der Waals surface area (Å²) in [6.07, 6.45) is 0. The number of nitrogens with two attached hydrogens (primary N) is 1. The summed E-state index contributed by atoms with van der Waals surface area (Å²) in [6, 6.07) is 6.18. The Kier molecular flexibility index (Phi) is 1.37. The van der Waals surface area contributed by atoms with E-state index in [2.05, 4.69) is 18.0 Å². The molecule has 0 bridgehead atoms. The highest BCUT2D eigenvalue weighted by Crippen LogP contribution is 2.25. The van der Waals surface area contributed by atoms with Crippen LogP contribution in [0.2, 0.25) is 0 Å². The van der Waals surface area contributed by atoms with Gasteiger partial charge in [-0.25, -0.2) is 0 Å². The highest BCUT2D eigenvalue weighted by Gasteiger charge is 2.05. The van der Waals surface area contributed by atoms with E-state index in [1.165, 1.54) is 10.9 Å². The second-order valence-corrected chi connectivity index (χ2v) is 3.16. The van der Waals surface area contributed by atoms with E-state index in [0.29, 0.717) is 0 Å². The first kappa shape index (κ1) is 7.22. The molecule has 2 aromatic rings. The van der Waals surface area contributed by atoms with Gasteiger partial charge in [-0.2, -0.15) is 0 Å². The van der Waals surface area contributed by atoms with Crippen LogP contribution in [0.4, 0.5) is 5.82 Å². The van der Waals surface area contributed by atoms with E-state index in [1.807, 2.05) is 19.1 Å². The monoisotopic (exact) mass is 160 g/mol. The molecule has 2 nitrogen and oxygen atoms in total. The van der Waals surface area contributed by atoms with Crippen LogP contribution >= 0.6 is 0 Å². The minimum Gasteiger partial charge on any atom is -0.385 e. The number of fused-ring (bicyclic) bond motifs is 1. The van der Waals surface area contributed by atoms with Gasteiger partial charge in [0.2, 0.25) is 0 Å². The normalized spacial score (nSPS) is 10.8. The van der Waals surface area contributed by atoms with Crippen LogP contribution in [0.5, 0.6) is 0 Å². The molecule has 0 fully saturated rings. The van der Waals surface area contributed by atoms with E-state index < -0.39 is 0 Å². The maximum atomic E-state index is 5.77. The number of benzene rings is 1. The molecule has 0 amide bonds. The third-order valence-corrected chi connectivity index (χ3v) is 2.32. The molecular formula is C10H12N2. The lowest BCUT2D eigenvalue weighted by Crippen LogP contribution is -1.85. The van der Waals surface area contributed by atoms with E-state index in [-0.39, 0.29) is 0 Å². The van der Waals surface area contributed by atoms with E-state index in [0.717, 1.165) is 16.9 Å². The number of rotatable bonds is 0. The lowest BCUT2D eigenvalue weighted by atomic mass is 10.1. The molecule has 1 aromatic carbocycles. The Bertz CT molecular complexity index is 427. The number of hydrogen-bond acceptors (Lipinski definition) is 1. The Balaban J connectivity index is 2.97. The Morgan fingerprint density at radius 3 is 2.67 bits per heavy atom. The minimum atomic E-state index is 0.777. The van der Waals surface area contributed by atoms with Crippen molar-refractivity contribution in [2.24, 2.45) is 0 Å². The quantitative estimate of drug-likeness (QED) is 0.610. The number of aromatic nitrogens is 1. The predicted octanol–water partition coefficient (Wildman–Crippen LogP) is 2.37. The molecule has 0 saturated carbocycles. The zero-order valence-corrected chi connectivity index (χ0v) is 7.31. The molecule has 0 aliphatic carbocycles. The summed E-state index contributed by atoms with van der Waals surface area (Å²) < 4.78 is 0. The molecule has 1 aromatic heterocycles. The minimum absolute atomic E-state index is 0.777. The maximum Gasteiger partial charge on any atom is 0.104 e. The summed E-state index contributed by atoms with van der Waals surface area (Å²) in [4.78, 5) is 3.15. The number of hydrogen-bond donors (Lipinski definition) is 2. The van der Waals surface area contributed by atoms with Gasteiger partial charge in [0.25, 0.3) is 0 Å². The van der Waals surface area contributed by atoms with Crippen molar-refractivity contribution < 1.29 is 0 Å². The van der Waals surface area contributed by atoms with Gasteiger partial charge < -0.3 is 10.7 Å². The molecule has 0 aliphatic heterocycles. The van der Waals surface area contributed by atoms with Crippen LogP contribution < -0.4 is 5.73 Å². The van der Waals surface area contributed by atoms with Crippen LogP contribution in [0.25, 0.3) is 10.9 Å². The summed E-state index contributed by atoms with van der Waals surface area (Å²) in [5.41, 5.74) is 9.33. The lowest BCUT2D eigenvalue weighted by Gasteiger charge is -1.95. The van der Waals surface area contributed by atoms with Gasteiger partial charge in [-0.15, -0.1) is 0 Å². The van der Waals surface area contributed by atoms with Crippen molar-refractivity contribution >= 4 is 16.7 Å². The zero-order valence-electron chi connectivity index (χ0n) is 7.31. The van der Waals surface area contributed by atoms with Crippen molar-refractivity contribution in [1.29, 1.82) is 0 Å². The summed E-state index contributed by atoms with van der Waals surface area (Å²) in [7, 11) is 0. The summed E-state index contributed by atoms with van der Waals surface area (Å²) >= 11 is 0. The lowest BCUT2D eigenvalue weighted by molar-refractivity contribution is 1.43. The van der Waals surface area contributed by atoms with Crippen LogP contribution in [0, 0.1) is 13.8 Å². The second-order valence-electron chi connectivity index (χ2n) is 3.16. The molecule has 12 heavy (non-hydrogen) atoms. The van der Waals surface area contributed by atoms with E-state index in [9.17, 15) is 0 Å². The third-order valence-electron chi connectivity index (χ3n) is 2.32. The van der Waals surface area contributed by atoms with Gasteiger partial charge in [-0.3, -0.25) is 0 Å². The molecule has 0 saturated heterocycles. The first-order chi connectivity index (χ1) is 5.70. The van der Waals surface area contributed by atoms with Gasteiger partial charge in [-0.1, -0.05) is 12.1 Å². The molecule has 0 unspecified atom stereocenters. The Labute approximate surface area is 71.4 Å². The zero-order chi connectivity index (χ0) is 8.72. The van der Waals surface area contributed by atoms with Crippen LogP contribution in [-0.4, -0.2) is 4.98 Å². The van der Waals surface area contributed by atoms with Gasteiger partial charge in [0.15, 0.2) is 0 Å².